The van der Waals surface area contributed by atoms with Crippen LogP contribution >= 0.6 is 0 Å². The van der Waals surface area contributed by atoms with Crippen molar-refractivity contribution in [3.8, 4) is 0 Å². The lowest BCUT2D eigenvalue weighted by atomic mass is 9.39. The van der Waals surface area contributed by atoms with Crippen LogP contribution in [0, 0.1) is 33.5 Å². The minimum absolute atomic E-state index is 0.122. The third-order valence-electron chi connectivity index (χ3n) is 10.4. The zero-order valence-electron chi connectivity index (χ0n) is 19.6. The summed E-state index contributed by atoms with van der Waals surface area (Å²) in [6.45, 7) is 9.55. The van der Waals surface area contributed by atoms with Crippen LogP contribution in [0.15, 0.2) is 35.1 Å². The van der Waals surface area contributed by atoms with Gasteiger partial charge in [0.2, 0.25) is 12.1 Å². The van der Waals surface area contributed by atoms with Crippen molar-refractivity contribution in [2.45, 2.75) is 71.9 Å². The monoisotopic (exact) mass is 454 g/mol. The van der Waals surface area contributed by atoms with E-state index in [1.165, 1.54) is 6.08 Å². The van der Waals surface area contributed by atoms with Crippen molar-refractivity contribution in [3.63, 3.8) is 0 Å². The molecule has 2 aliphatic heterocycles. The normalized spacial score (nSPS) is 51.5. The Kier molecular flexibility index (Phi) is 3.67. The first kappa shape index (κ1) is 21.3. The molecular weight excluding hydrogens is 424 g/mol. The minimum atomic E-state index is -1.24. The Bertz CT molecular complexity index is 1140. The fraction of sp³-hybridized carbons (Fsp3) is 0.654. The highest BCUT2D eigenvalue weighted by atomic mass is 16.6. The number of aliphatic hydroxyl groups is 2. The number of esters is 1. The summed E-state index contributed by atoms with van der Waals surface area (Å²) in [4.78, 5) is 39.3. The maximum Gasteiger partial charge on any atom is 0.336 e. The largest absolute Gasteiger partial charge is 0.504 e. The number of hydrogen-bond donors (Lipinski definition) is 2. The van der Waals surface area contributed by atoms with E-state index in [-0.39, 0.29) is 35.3 Å². The summed E-state index contributed by atoms with van der Waals surface area (Å²) in [6, 6.07) is 0. The summed E-state index contributed by atoms with van der Waals surface area (Å²) in [5.41, 5.74) is -3.07. The Morgan fingerprint density at radius 3 is 2.42 bits per heavy atom. The molecule has 7 heteroatoms. The molecule has 2 unspecified atom stereocenters. The number of hydrogen-bond acceptors (Lipinski definition) is 7. The maximum atomic E-state index is 14.1. The summed E-state index contributed by atoms with van der Waals surface area (Å²) in [7, 11) is 0. The van der Waals surface area contributed by atoms with Gasteiger partial charge in [-0.05, 0) is 63.7 Å². The lowest BCUT2D eigenvalue weighted by Crippen LogP contribution is -2.66. The molecule has 2 heterocycles. The molecule has 0 aromatic carbocycles. The quantitative estimate of drug-likeness (QED) is 0.463. The van der Waals surface area contributed by atoms with Crippen molar-refractivity contribution in [1.82, 2.24) is 0 Å². The van der Waals surface area contributed by atoms with E-state index in [0.717, 1.165) is 0 Å². The van der Waals surface area contributed by atoms with Gasteiger partial charge >= 0.3 is 5.97 Å². The highest BCUT2D eigenvalue weighted by Crippen LogP contribution is 2.80. The molecule has 2 saturated carbocycles. The number of allylic oxidation sites excluding steroid dienone is 4. The number of rotatable bonds is 1. The number of carbonyl (C=O) groups excluding carboxylic acids is 3. The lowest BCUT2D eigenvalue weighted by Gasteiger charge is -2.62. The Labute approximate surface area is 192 Å². The standard InChI is InChI=1S/C26H30O7/c1-22(2)15(27)7-8-23(3)14-6-9-24(4)13(12-10-17(28)32-21(12)31)11-16-26(24,33-16)25(14,5)20(30)18(29)19(22)23/h7-8,10,13-14,16-17,28-29H,6,9,11H2,1-5H3/t13-,14+,16+,17+,23-,24-,25?,26?/m0/s1. The highest BCUT2D eigenvalue weighted by molar-refractivity contribution is 6.06. The van der Waals surface area contributed by atoms with Crippen molar-refractivity contribution in [3.05, 3.63) is 35.1 Å². The van der Waals surface area contributed by atoms with E-state index in [4.69, 9.17) is 9.47 Å². The lowest BCUT2D eigenvalue weighted by molar-refractivity contribution is -0.165. The molecule has 1 saturated heterocycles. The Morgan fingerprint density at radius 2 is 1.79 bits per heavy atom. The van der Waals surface area contributed by atoms with Gasteiger partial charge in [-0.2, -0.15) is 0 Å². The van der Waals surface area contributed by atoms with Crippen molar-refractivity contribution in [1.29, 1.82) is 0 Å². The predicted octanol–water partition coefficient (Wildman–Crippen LogP) is 2.93. The first-order chi connectivity index (χ1) is 15.3. The van der Waals surface area contributed by atoms with Gasteiger partial charge in [0.05, 0.1) is 16.9 Å². The predicted molar refractivity (Wildman–Crippen MR) is 116 cm³/mol. The molecule has 0 bridgehead atoms. The van der Waals surface area contributed by atoms with E-state index in [0.29, 0.717) is 30.4 Å². The topological polar surface area (TPSA) is 113 Å². The van der Waals surface area contributed by atoms with Crippen LogP contribution in [-0.2, 0) is 23.9 Å². The van der Waals surface area contributed by atoms with Crippen LogP contribution in [0.2, 0.25) is 0 Å². The number of Topliss-reactive ketones (excluding diaryl/α,β-unsaturated/α-hetero) is 1. The molecule has 0 aromatic rings. The summed E-state index contributed by atoms with van der Waals surface area (Å²) in [5, 5.41) is 21.2. The van der Waals surface area contributed by atoms with Gasteiger partial charge < -0.3 is 19.7 Å². The summed E-state index contributed by atoms with van der Waals surface area (Å²) in [5.74, 6) is -1.69. The number of fused-ring (bicyclic) bond motifs is 3. The van der Waals surface area contributed by atoms with Crippen LogP contribution in [0.1, 0.15) is 53.9 Å². The molecule has 6 rings (SSSR count). The van der Waals surface area contributed by atoms with E-state index in [1.807, 2.05) is 19.9 Å². The van der Waals surface area contributed by atoms with Crippen LogP contribution in [-0.4, -0.2) is 45.7 Å². The van der Waals surface area contributed by atoms with Crippen molar-refractivity contribution in [2.24, 2.45) is 33.5 Å². The Balaban J connectivity index is 1.53. The van der Waals surface area contributed by atoms with Crippen molar-refractivity contribution in [2.75, 3.05) is 0 Å². The average Bonchev–Trinajstić information content (AvgIpc) is 3.28. The fourth-order valence-corrected chi connectivity index (χ4v) is 8.97. The molecule has 33 heavy (non-hydrogen) atoms. The van der Waals surface area contributed by atoms with Crippen LogP contribution in [0.3, 0.4) is 0 Å². The van der Waals surface area contributed by atoms with Gasteiger partial charge in [0.1, 0.15) is 5.60 Å². The Morgan fingerprint density at radius 1 is 1.09 bits per heavy atom. The molecule has 6 aliphatic rings. The van der Waals surface area contributed by atoms with Gasteiger partial charge in [-0.3, -0.25) is 9.59 Å². The molecule has 1 spiro atoms. The van der Waals surface area contributed by atoms with Crippen LogP contribution in [0.5, 0.6) is 0 Å². The molecule has 7 nitrogen and oxygen atoms in total. The smallest absolute Gasteiger partial charge is 0.336 e. The summed E-state index contributed by atoms with van der Waals surface area (Å²) >= 11 is 0. The third kappa shape index (κ3) is 2.01. The van der Waals surface area contributed by atoms with E-state index in [9.17, 15) is 24.6 Å². The second-order valence-electron chi connectivity index (χ2n) is 11.9. The zero-order chi connectivity index (χ0) is 23.9. The Hall–Kier alpha value is -2.25. The molecule has 0 radical (unpaired) electrons. The van der Waals surface area contributed by atoms with Gasteiger partial charge in [0, 0.05) is 22.3 Å². The number of ether oxygens (including phenoxy) is 2. The van der Waals surface area contributed by atoms with Crippen LogP contribution in [0.25, 0.3) is 0 Å². The first-order valence-electron chi connectivity index (χ1n) is 11.8. The molecule has 8 atom stereocenters. The second kappa shape index (κ2) is 5.69. The first-order valence-corrected chi connectivity index (χ1v) is 11.8. The number of carbonyl (C=O) groups is 3. The number of epoxide rings is 1. The minimum Gasteiger partial charge on any atom is -0.504 e. The molecule has 176 valence electrons. The number of aliphatic hydroxyl groups excluding tert-OH is 2. The summed E-state index contributed by atoms with van der Waals surface area (Å²) < 4.78 is 11.4. The third-order valence-corrected chi connectivity index (χ3v) is 10.4. The van der Waals surface area contributed by atoms with E-state index in [2.05, 4.69) is 6.92 Å². The highest BCUT2D eigenvalue weighted by Gasteiger charge is 2.87. The molecule has 4 aliphatic carbocycles. The molecule has 2 N–H and O–H groups in total. The second-order valence-corrected chi connectivity index (χ2v) is 11.9. The van der Waals surface area contributed by atoms with Crippen molar-refractivity contribution < 1.29 is 34.1 Å². The van der Waals surface area contributed by atoms with E-state index < -0.39 is 39.5 Å². The van der Waals surface area contributed by atoms with Gasteiger partial charge in [-0.25, -0.2) is 4.79 Å². The van der Waals surface area contributed by atoms with Crippen LogP contribution < -0.4 is 0 Å². The molecular formula is C26H30O7. The number of cyclic esters (lactones) is 1. The maximum absolute atomic E-state index is 14.1. The zero-order valence-corrected chi connectivity index (χ0v) is 19.6. The van der Waals surface area contributed by atoms with E-state index >= 15 is 0 Å². The SMILES string of the molecule is CC1(C)C(=O)C=C[C@]2(C)C1=C(O)C(=O)C1(C)[C@@H]2CC[C@@]2(C)[C@H](C3=C[C@H](O)OC3=O)C[C@H]3OC312. The van der Waals surface area contributed by atoms with Crippen molar-refractivity contribution >= 4 is 17.5 Å². The van der Waals surface area contributed by atoms with E-state index in [1.54, 1.807) is 19.9 Å². The fourth-order valence-electron chi connectivity index (χ4n) is 8.97. The molecule has 0 amide bonds. The average molecular weight is 455 g/mol. The van der Waals surface area contributed by atoms with Gasteiger partial charge in [0.25, 0.3) is 0 Å². The van der Waals surface area contributed by atoms with Crippen LogP contribution in [0.4, 0.5) is 0 Å². The number of ketones is 2. The van der Waals surface area contributed by atoms with Gasteiger partial charge in [-0.1, -0.05) is 19.9 Å². The molecule has 0 aromatic heterocycles. The van der Waals surface area contributed by atoms with Gasteiger partial charge in [0.15, 0.2) is 11.5 Å². The summed E-state index contributed by atoms with van der Waals surface area (Å²) in [6.07, 6.45) is 5.44. The van der Waals surface area contributed by atoms with Gasteiger partial charge in [-0.15, -0.1) is 0 Å². The molecule has 3 fully saturated rings.